The van der Waals surface area contributed by atoms with E-state index in [1.807, 2.05) is 0 Å². The maximum absolute atomic E-state index is 11.7. The third-order valence-corrected chi connectivity index (χ3v) is 3.34. The smallest absolute Gasteiger partial charge is 0.333 e. The van der Waals surface area contributed by atoms with E-state index in [1.54, 1.807) is 50.4 Å². The molecule has 0 bridgehead atoms. The largest absolute Gasteiger partial charge is 0.508 e. The second kappa shape index (κ2) is 5.75. The van der Waals surface area contributed by atoms with Crippen LogP contribution in [0.1, 0.15) is 12.5 Å². The number of ether oxygens (including phenoxy) is 1. The van der Waals surface area contributed by atoms with Crippen LogP contribution in [-0.2, 0) is 10.3 Å². The number of carboxylic acid groups (broad SMARTS) is 1. The summed E-state index contributed by atoms with van der Waals surface area (Å²) in [4.78, 5) is 11.7. The van der Waals surface area contributed by atoms with Crippen LogP contribution in [0.5, 0.6) is 11.5 Å². The standard InChI is InChI=1S/C16H17NO4/c1-16(15(19)20,11-4-3-5-13(18)10-11)17-12-6-8-14(21-2)9-7-12/h3-10,17-18H,1-2H3,(H,19,20). The van der Waals surface area contributed by atoms with Gasteiger partial charge in [0.2, 0.25) is 0 Å². The maximum atomic E-state index is 11.7. The van der Waals surface area contributed by atoms with Gasteiger partial charge >= 0.3 is 5.97 Å². The minimum atomic E-state index is -1.35. The van der Waals surface area contributed by atoms with Crippen LogP contribution in [0.2, 0.25) is 0 Å². The fourth-order valence-corrected chi connectivity index (χ4v) is 2.03. The molecule has 0 saturated carbocycles. The van der Waals surface area contributed by atoms with E-state index in [2.05, 4.69) is 5.32 Å². The molecule has 0 aromatic heterocycles. The Kier molecular flexibility index (Phi) is 4.03. The molecule has 5 heteroatoms. The van der Waals surface area contributed by atoms with Gasteiger partial charge in [0.1, 0.15) is 11.5 Å². The second-order valence-electron chi connectivity index (χ2n) is 4.83. The zero-order valence-electron chi connectivity index (χ0n) is 11.8. The number of hydrogen-bond donors (Lipinski definition) is 3. The van der Waals surface area contributed by atoms with E-state index in [0.29, 0.717) is 17.0 Å². The zero-order chi connectivity index (χ0) is 15.5. The highest BCUT2D eigenvalue weighted by molar-refractivity contribution is 5.84. The predicted molar refractivity (Wildman–Crippen MR) is 79.7 cm³/mol. The Morgan fingerprint density at radius 2 is 1.86 bits per heavy atom. The van der Waals surface area contributed by atoms with Crippen LogP contribution in [0.3, 0.4) is 0 Å². The van der Waals surface area contributed by atoms with E-state index in [1.165, 1.54) is 12.1 Å². The topological polar surface area (TPSA) is 78.8 Å². The van der Waals surface area contributed by atoms with Gasteiger partial charge in [-0.15, -0.1) is 0 Å². The third kappa shape index (κ3) is 3.08. The molecule has 3 N–H and O–H groups in total. The number of anilines is 1. The van der Waals surface area contributed by atoms with E-state index < -0.39 is 11.5 Å². The lowest BCUT2D eigenvalue weighted by Crippen LogP contribution is -2.40. The molecule has 110 valence electrons. The second-order valence-corrected chi connectivity index (χ2v) is 4.83. The van der Waals surface area contributed by atoms with Crippen LogP contribution in [0.15, 0.2) is 48.5 Å². The monoisotopic (exact) mass is 287 g/mol. The average Bonchev–Trinajstić information content (AvgIpc) is 2.47. The molecule has 0 fully saturated rings. The van der Waals surface area contributed by atoms with Gasteiger partial charge in [0.15, 0.2) is 5.54 Å². The Labute approximate surface area is 122 Å². The van der Waals surface area contributed by atoms with Gasteiger partial charge in [0.05, 0.1) is 7.11 Å². The molecule has 0 aliphatic heterocycles. The van der Waals surface area contributed by atoms with Gasteiger partial charge in [-0.2, -0.15) is 0 Å². The van der Waals surface area contributed by atoms with Crippen molar-refractivity contribution in [2.75, 3.05) is 12.4 Å². The highest BCUT2D eigenvalue weighted by atomic mass is 16.5. The van der Waals surface area contributed by atoms with Crippen molar-refractivity contribution in [2.45, 2.75) is 12.5 Å². The first kappa shape index (κ1) is 14.7. The number of phenolic OH excluding ortho intramolecular Hbond substituents is 1. The molecule has 2 aromatic carbocycles. The van der Waals surface area contributed by atoms with Crippen LogP contribution in [0.25, 0.3) is 0 Å². The minimum Gasteiger partial charge on any atom is -0.508 e. The molecular formula is C16H17NO4. The molecule has 1 unspecified atom stereocenters. The Bertz CT molecular complexity index is 639. The summed E-state index contributed by atoms with van der Waals surface area (Å²) in [5.74, 6) is -0.324. The number of aliphatic carboxylic acids is 1. The molecule has 2 rings (SSSR count). The van der Waals surface area contributed by atoms with E-state index in [9.17, 15) is 15.0 Å². The lowest BCUT2D eigenvalue weighted by Gasteiger charge is -2.28. The molecule has 0 radical (unpaired) electrons. The van der Waals surface area contributed by atoms with Gasteiger partial charge in [0.25, 0.3) is 0 Å². The van der Waals surface area contributed by atoms with Crippen LogP contribution in [0, 0.1) is 0 Å². The highest BCUT2D eigenvalue weighted by Gasteiger charge is 2.35. The van der Waals surface area contributed by atoms with Crippen LogP contribution in [0.4, 0.5) is 5.69 Å². The molecule has 0 spiro atoms. The van der Waals surface area contributed by atoms with Crippen LogP contribution < -0.4 is 10.1 Å². The lowest BCUT2D eigenvalue weighted by molar-refractivity contribution is -0.142. The molecule has 2 aromatic rings. The van der Waals surface area contributed by atoms with Crippen molar-refractivity contribution >= 4 is 11.7 Å². The first-order chi connectivity index (χ1) is 9.95. The first-order valence-corrected chi connectivity index (χ1v) is 6.41. The Morgan fingerprint density at radius 3 is 2.38 bits per heavy atom. The summed E-state index contributed by atoms with van der Waals surface area (Å²) in [7, 11) is 1.57. The first-order valence-electron chi connectivity index (χ1n) is 6.41. The average molecular weight is 287 g/mol. The number of benzene rings is 2. The van der Waals surface area contributed by atoms with Crippen molar-refractivity contribution < 1.29 is 19.7 Å². The number of hydrogen-bond acceptors (Lipinski definition) is 4. The molecule has 0 aliphatic rings. The summed E-state index contributed by atoms with van der Waals surface area (Å²) in [6, 6.07) is 13.2. The summed E-state index contributed by atoms with van der Waals surface area (Å²) < 4.78 is 5.07. The van der Waals surface area contributed by atoms with Gasteiger partial charge in [-0.3, -0.25) is 0 Å². The van der Waals surface area contributed by atoms with Crippen molar-refractivity contribution in [1.82, 2.24) is 0 Å². The normalized spacial score (nSPS) is 13.2. The summed E-state index contributed by atoms with van der Waals surface area (Å²) in [6.07, 6.45) is 0. The van der Waals surface area contributed by atoms with Crippen LogP contribution >= 0.6 is 0 Å². The number of rotatable bonds is 5. The van der Waals surface area contributed by atoms with Crippen molar-refractivity contribution in [3.8, 4) is 11.5 Å². The highest BCUT2D eigenvalue weighted by Crippen LogP contribution is 2.29. The van der Waals surface area contributed by atoms with E-state index >= 15 is 0 Å². The lowest BCUT2D eigenvalue weighted by atomic mass is 9.91. The predicted octanol–water partition coefficient (Wildman–Crippen LogP) is 2.81. The van der Waals surface area contributed by atoms with Gasteiger partial charge < -0.3 is 20.3 Å². The van der Waals surface area contributed by atoms with Gasteiger partial charge in [-0.05, 0) is 48.9 Å². The SMILES string of the molecule is COc1ccc(NC(C)(C(=O)O)c2cccc(O)c2)cc1. The molecule has 0 amide bonds. The molecular weight excluding hydrogens is 270 g/mol. The molecule has 1 atom stereocenters. The van der Waals surface area contributed by atoms with Crippen LogP contribution in [-0.4, -0.2) is 23.3 Å². The van der Waals surface area contributed by atoms with Crippen molar-refractivity contribution in [1.29, 1.82) is 0 Å². The summed E-state index contributed by atoms with van der Waals surface area (Å²) >= 11 is 0. The molecule has 0 saturated heterocycles. The molecule has 5 nitrogen and oxygen atoms in total. The number of phenols is 1. The minimum absolute atomic E-state index is 0.0245. The summed E-state index contributed by atoms with van der Waals surface area (Å²) in [6.45, 7) is 1.55. The molecule has 0 aliphatic carbocycles. The fraction of sp³-hybridized carbons (Fsp3) is 0.188. The van der Waals surface area contributed by atoms with Gasteiger partial charge in [-0.1, -0.05) is 12.1 Å². The number of methoxy groups -OCH3 is 1. The van der Waals surface area contributed by atoms with Gasteiger partial charge in [0, 0.05) is 5.69 Å². The number of carboxylic acids is 1. The van der Waals surface area contributed by atoms with Crippen molar-refractivity contribution in [2.24, 2.45) is 0 Å². The maximum Gasteiger partial charge on any atom is 0.333 e. The van der Waals surface area contributed by atoms with Gasteiger partial charge in [-0.25, -0.2) is 4.79 Å². The number of carbonyl (C=O) groups is 1. The Balaban J connectivity index is 2.36. The number of aromatic hydroxyl groups is 1. The third-order valence-electron chi connectivity index (χ3n) is 3.34. The van der Waals surface area contributed by atoms with E-state index in [0.717, 1.165) is 0 Å². The van der Waals surface area contributed by atoms with Crippen molar-refractivity contribution in [3.63, 3.8) is 0 Å². The molecule has 0 heterocycles. The zero-order valence-corrected chi connectivity index (χ0v) is 11.8. The summed E-state index contributed by atoms with van der Waals surface area (Å²) in [5, 5.41) is 22.1. The fourth-order valence-electron chi connectivity index (χ4n) is 2.03. The molecule has 21 heavy (non-hydrogen) atoms. The van der Waals surface area contributed by atoms with E-state index in [4.69, 9.17) is 4.74 Å². The Hall–Kier alpha value is -2.69. The number of nitrogens with one attached hydrogen (secondary N) is 1. The quantitative estimate of drug-likeness (QED) is 0.788. The summed E-state index contributed by atoms with van der Waals surface area (Å²) in [5.41, 5.74) is -0.247. The Morgan fingerprint density at radius 1 is 1.19 bits per heavy atom. The van der Waals surface area contributed by atoms with E-state index in [-0.39, 0.29) is 5.75 Å². The van der Waals surface area contributed by atoms with Crippen molar-refractivity contribution in [3.05, 3.63) is 54.1 Å².